The van der Waals surface area contributed by atoms with Gasteiger partial charge in [0.15, 0.2) is 5.75 Å². The van der Waals surface area contributed by atoms with Crippen LogP contribution < -0.4 is 9.47 Å². The second kappa shape index (κ2) is 7.96. The lowest BCUT2D eigenvalue weighted by Crippen LogP contribution is -2.10. The monoisotopic (exact) mass is 331 g/mol. The molecule has 0 aliphatic carbocycles. The number of carbonyl (C=O) groups is 1. The van der Waals surface area contributed by atoms with Crippen molar-refractivity contribution in [3.8, 4) is 11.5 Å². The highest BCUT2D eigenvalue weighted by Crippen LogP contribution is 2.27. The quantitative estimate of drug-likeness (QED) is 0.335. The van der Waals surface area contributed by atoms with E-state index in [1.54, 1.807) is 36.4 Å². The Kier molecular flexibility index (Phi) is 5.73. The van der Waals surface area contributed by atoms with Crippen LogP contribution >= 0.6 is 0 Å². The number of hydrogen-bond donors (Lipinski definition) is 0. The summed E-state index contributed by atoms with van der Waals surface area (Å²) in [6.45, 7) is 2.13. The molecule has 0 atom stereocenters. The van der Waals surface area contributed by atoms with Gasteiger partial charge in [-0.25, -0.2) is 4.79 Å². The van der Waals surface area contributed by atoms with E-state index in [1.807, 2.05) is 6.92 Å². The molecule has 0 radical (unpaired) electrons. The van der Waals surface area contributed by atoms with E-state index in [0.717, 1.165) is 5.56 Å². The third-order valence-corrected chi connectivity index (χ3v) is 3.18. The van der Waals surface area contributed by atoms with Gasteiger partial charge in [-0.3, -0.25) is 10.1 Å². The number of rotatable bonds is 7. The molecule has 0 saturated carbocycles. The van der Waals surface area contributed by atoms with Gasteiger partial charge in [-0.05, 0) is 36.8 Å². The average Bonchev–Trinajstić information content (AvgIpc) is 2.58. The zero-order valence-corrected chi connectivity index (χ0v) is 13.4. The average molecular weight is 331 g/mol. The van der Waals surface area contributed by atoms with Crippen LogP contribution in [0.1, 0.15) is 15.9 Å². The number of nitro groups is 1. The summed E-state index contributed by atoms with van der Waals surface area (Å²) in [5, 5.41) is 11.0. The fourth-order valence-corrected chi connectivity index (χ4v) is 2.03. The minimum absolute atomic E-state index is 0.0895. The van der Waals surface area contributed by atoms with Gasteiger partial charge in [-0.2, -0.15) is 0 Å². The third-order valence-electron chi connectivity index (χ3n) is 3.18. The van der Waals surface area contributed by atoms with E-state index in [0.29, 0.717) is 11.3 Å². The summed E-state index contributed by atoms with van der Waals surface area (Å²) in [6.07, 6.45) is 0. The van der Waals surface area contributed by atoms with Gasteiger partial charge in [-0.1, -0.05) is 12.1 Å². The normalized spacial score (nSPS) is 10.1. The molecule has 0 heterocycles. The van der Waals surface area contributed by atoms with Crippen LogP contribution in [-0.2, 0) is 4.74 Å². The van der Waals surface area contributed by atoms with Crippen LogP contribution in [-0.4, -0.2) is 31.2 Å². The summed E-state index contributed by atoms with van der Waals surface area (Å²) in [6, 6.07) is 11.2. The van der Waals surface area contributed by atoms with Crippen LogP contribution in [0.5, 0.6) is 11.5 Å². The van der Waals surface area contributed by atoms with Gasteiger partial charge < -0.3 is 14.2 Å². The van der Waals surface area contributed by atoms with Crippen molar-refractivity contribution in [2.24, 2.45) is 0 Å². The smallest absolute Gasteiger partial charge is 0.337 e. The van der Waals surface area contributed by atoms with Gasteiger partial charge in [0.1, 0.15) is 19.0 Å². The molecule has 24 heavy (non-hydrogen) atoms. The van der Waals surface area contributed by atoms with E-state index in [9.17, 15) is 14.9 Å². The number of ether oxygens (including phenoxy) is 3. The van der Waals surface area contributed by atoms with E-state index in [4.69, 9.17) is 9.47 Å². The van der Waals surface area contributed by atoms with Gasteiger partial charge in [0.25, 0.3) is 0 Å². The lowest BCUT2D eigenvalue weighted by molar-refractivity contribution is -0.385. The molecule has 0 bridgehead atoms. The summed E-state index contributed by atoms with van der Waals surface area (Å²) in [5.74, 6) is 0.235. The van der Waals surface area contributed by atoms with Crippen LogP contribution in [0.2, 0.25) is 0 Å². The number of nitrogens with zero attached hydrogens (tertiary/aromatic N) is 1. The minimum Gasteiger partial charge on any atom is -0.490 e. The van der Waals surface area contributed by atoms with Crippen LogP contribution in [0.3, 0.4) is 0 Å². The molecule has 0 fully saturated rings. The Labute approximate surface area is 138 Å². The highest BCUT2D eigenvalue weighted by molar-refractivity contribution is 5.89. The van der Waals surface area contributed by atoms with Gasteiger partial charge in [0.05, 0.1) is 17.6 Å². The molecule has 2 aromatic rings. The number of carbonyl (C=O) groups excluding carboxylic acids is 1. The summed E-state index contributed by atoms with van der Waals surface area (Å²) in [4.78, 5) is 21.9. The first kappa shape index (κ1) is 17.3. The second-order valence-corrected chi connectivity index (χ2v) is 4.94. The molecule has 0 spiro atoms. The summed E-state index contributed by atoms with van der Waals surface area (Å²) >= 11 is 0. The van der Waals surface area contributed by atoms with E-state index in [1.165, 1.54) is 13.2 Å². The lowest BCUT2D eigenvalue weighted by Gasteiger charge is -2.10. The summed E-state index contributed by atoms with van der Waals surface area (Å²) in [5.41, 5.74) is 1.15. The Morgan fingerprint density at radius 1 is 1.12 bits per heavy atom. The maximum absolute atomic E-state index is 11.4. The fraction of sp³-hybridized carbons (Fsp3) is 0.235. The SMILES string of the molecule is COC(=O)c1cccc(OCCOc2cc(C)ccc2[N+](=O)[O-])c1. The first-order valence-electron chi connectivity index (χ1n) is 7.20. The number of nitro benzene ring substituents is 1. The highest BCUT2D eigenvalue weighted by Gasteiger charge is 2.14. The van der Waals surface area contributed by atoms with Crippen molar-refractivity contribution in [2.45, 2.75) is 6.92 Å². The van der Waals surface area contributed by atoms with Crippen LogP contribution in [0.4, 0.5) is 5.69 Å². The number of benzene rings is 2. The first-order chi connectivity index (χ1) is 11.5. The van der Waals surface area contributed by atoms with E-state index in [2.05, 4.69) is 4.74 Å². The zero-order valence-electron chi connectivity index (χ0n) is 13.4. The highest BCUT2D eigenvalue weighted by atomic mass is 16.6. The number of aryl methyl sites for hydroxylation is 1. The maximum atomic E-state index is 11.4. The zero-order chi connectivity index (χ0) is 17.5. The van der Waals surface area contributed by atoms with Crippen LogP contribution in [0.25, 0.3) is 0 Å². The molecule has 0 aliphatic rings. The molecule has 0 saturated heterocycles. The molecule has 2 aromatic carbocycles. The van der Waals surface area contributed by atoms with Crippen molar-refractivity contribution >= 4 is 11.7 Å². The topological polar surface area (TPSA) is 87.9 Å². The summed E-state index contributed by atoms with van der Waals surface area (Å²) < 4.78 is 15.6. The Balaban J connectivity index is 1.93. The maximum Gasteiger partial charge on any atom is 0.337 e. The third kappa shape index (κ3) is 4.45. The van der Waals surface area contributed by atoms with Crippen molar-refractivity contribution in [2.75, 3.05) is 20.3 Å². The summed E-state index contributed by atoms with van der Waals surface area (Å²) in [7, 11) is 1.30. The Morgan fingerprint density at radius 2 is 1.88 bits per heavy atom. The molecule has 7 nitrogen and oxygen atoms in total. The number of esters is 1. The molecule has 7 heteroatoms. The van der Waals surface area contributed by atoms with Gasteiger partial charge in [-0.15, -0.1) is 0 Å². The lowest BCUT2D eigenvalue weighted by atomic mass is 10.2. The predicted octanol–water partition coefficient (Wildman–Crippen LogP) is 3.15. The standard InChI is InChI=1S/C17H17NO6/c1-12-6-7-15(18(20)21)16(10-12)24-9-8-23-14-5-3-4-13(11-14)17(19)22-2/h3-7,10-11H,8-9H2,1-2H3. The van der Waals surface area contributed by atoms with E-state index < -0.39 is 10.9 Å². The largest absolute Gasteiger partial charge is 0.490 e. The predicted molar refractivity (Wildman–Crippen MR) is 86.6 cm³/mol. The molecule has 0 aliphatic heterocycles. The Hall–Kier alpha value is -3.09. The molecule has 126 valence electrons. The number of methoxy groups -OCH3 is 1. The molecular weight excluding hydrogens is 314 g/mol. The molecule has 0 aromatic heterocycles. The van der Waals surface area contributed by atoms with Gasteiger partial charge in [0, 0.05) is 6.07 Å². The first-order valence-corrected chi connectivity index (χ1v) is 7.20. The Morgan fingerprint density at radius 3 is 2.58 bits per heavy atom. The van der Waals surface area contributed by atoms with E-state index in [-0.39, 0.29) is 24.7 Å². The van der Waals surface area contributed by atoms with Crippen LogP contribution in [0, 0.1) is 17.0 Å². The molecule has 2 rings (SSSR count). The fourth-order valence-electron chi connectivity index (χ4n) is 2.03. The van der Waals surface area contributed by atoms with Crippen molar-refractivity contribution in [3.63, 3.8) is 0 Å². The van der Waals surface area contributed by atoms with Crippen molar-refractivity contribution in [3.05, 3.63) is 63.7 Å². The van der Waals surface area contributed by atoms with Gasteiger partial charge in [0.2, 0.25) is 0 Å². The molecule has 0 unspecified atom stereocenters. The molecular formula is C17H17NO6. The van der Waals surface area contributed by atoms with Gasteiger partial charge >= 0.3 is 11.7 Å². The Bertz CT molecular complexity index is 744. The second-order valence-electron chi connectivity index (χ2n) is 4.94. The molecule has 0 N–H and O–H groups in total. The van der Waals surface area contributed by atoms with Crippen molar-refractivity contribution in [1.82, 2.24) is 0 Å². The van der Waals surface area contributed by atoms with E-state index >= 15 is 0 Å². The van der Waals surface area contributed by atoms with Crippen LogP contribution in [0.15, 0.2) is 42.5 Å². The van der Waals surface area contributed by atoms with Crippen molar-refractivity contribution < 1.29 is 23.9 Å². The molecule has 0 amide bonds. The number of hydrogen-bond acceptors (Lipinski definition) is 6. The van der Waals surface area contributed by atoms with Crippen molar-refractivity contribution in [1.29, 1.82) is 0 Å². The minimum atomic E-state index is -0.491.